The minimum Gasteiger partial charge on any atom is -0.242 e. The number of nitrogens with zero attached hydrogens (tertiary/aromatic N) is 1. The zero-order valence-corrected chi connectivity index (χ0v) is 9.08. The summed E-state index contributed by atoms with van der Waals surface area (Å²) in [7, 11) is -3.24. The van der Waals surface area contributed by atoms with Gasteiger partial charge in [0.05, 0.1) is 5.75 Å². The fraction of sp³-hybridized carbons (Fsp3) is 0.300. The lowest BCUT2D eigenvalue weighted by Crippen LogP contribution is -2.07. The van der Waals surface area contributed by atoms with Crippen LogP contribution in [0.3, 0.4) is 0 Å². The largest absolute Gasteiger partial charge is 0.242 e. The van der Waals surface area contributed by atoms with Crippen molar-refractivity contribution in [3.8, 4) is 0 Å². The van der Waals surface area contributed by atoms with E-state index in [0.717, 1.165) is 0 Å². The van der Waals surface area contributed by atoms with E-state index in [2.05, 4.69) is 4.98 Å². The van der Waals surface area contributed by atoms with Crippen molar-refractivity contribution in [1.29, 1.82) is 0 Å². The number of rotatable bonds is 3. The number of allylic oxidation sites excluding steroid dienone is 1. The van der Waals surface area contributed by atoms with Crippen molar-refractivity contribution < 1.29 is 8.42 Å². The third-order valence-corrected chi connectivity index (χ3v) is 3.23. The van der Waals surface area contributed by atoms with E-state index in [9.17, 15) is 8.42 Å². The Hall–Kier alpha value is -1.16. The molecule has 1 heterocycles. The maximum absolute atomic E-state index is 11.6. The van der Waals surface area contributed by atoms with E-state index in [4.69, 9.17) is 0 Å². The van der Waals surface area contributed by atoms with Crippen LogP contribution in [-0.2, 0) is 9.84 Å². The van der Waals surface area contributed by atoms with Gasteiger partial charge in [0.1, 0.15) is 0 Å². The quantitative estimate of drug-likeness (QED) is 0.715. The Morgan fingerprint density at radius 1 is 1.43 bits per heavy atom. The van der Waals surface area contributed by atoms with E-state index in [1.54, 1.807) is 38.1 Å². The van der Waals surface area contributed by atoms with Crippen molar-refractivity contribution in [2.75, 3.05) is 5.75 Å². The first-order valence-corrected chi connectivity index (χ1v) is 5.99. The average Bonchev–Trinajstić information content (AvgIpc) is 2.15. The highest BCUT2D eigenvalue weighted by atomic mass is 32.2. The molecule has 0 aromatic carbocycles. The first kappa shape index (κ1) is 10.9. The molecule has 3 nitrogen and oxygen atoms in total. The van der Waals surface area contributed by atoms with Gasteiger partial charge in [0.25, 0.3) is 0 Å². The van der Waals surface area contributed by atoms with Gasteiger partial charge in [-0.1, -0.05) is 18.2 Å². The fourth-order valence-electron chi connectivity index (χ4n) is 1.000. The molecule has 0 saturated heterocycles. The monoisotopic (exact) mass is 211 g/mol. The maximum atomic E-state index is 11.6. The molecule has 0 aliphatic carbocycles. The van der Waals surface area contributed by atoms with Crippen molar-refractivity contribution >= 4 is 9.84 Å². The highest BCUT2D eigenvalue weighted by molar-refractivity contribution is 7.91. The Labute approximate surface area is 84.4 Å². The molecule has 0 spiro atoms. The molecule has 0 atom stereocenters. The van der Waals surface area contributed by atoms with E-state index in [1.807, 2.05) is 0 Å². The second-order valence-corrected chi connectivity index (χ2v) is 4.95. The third-order valence-electron chi connectivity index (χ3n) is 1.73. The SMILES string of the molecule is C/C=C/CS(=O)(=O)c1cccc(C)n1. The minimum atomic E-state index is -3.24. The molecule has 0 aliphatic rings. The number of aryl methyl sites for hydroxylation is 1. The van der Waals surface area contributed by atoms with Gasteiger partial charge >= 0.3 is 0 Å². The molecule has 0 saturated carbocycles. The Morgan fingerprint density at radius 2 is 2.14 bits per heavy atom. The first-order chi connectivity index (χ1) is 6.56. The smallest absolute Gasteiger partial charge is 0.199 e. The number of hydrogen-bond acceptors (Lipinski definition) is 3. The van der Waals surface area contributed by atoms with Crippen molar-refractivity contribution in [2.24, 2.45) is 0 Å². The van der Waals surface area contributed by atoms with E-state index in [-0.39, 0.29) is 10.8 Å². The van der Waals surface area contributed by atoms with Crippen LogP contribution in [0.4, 0.5) is 0 Å². The molecule has 1 rings (SSSR count). The van der Waals surface area contributed by atoms with E-state index in [1.165, 1.54) is 6.07 Å². The summed E-state index contributed by atoms with van der Waals surface area (Å²) in [6.45, 7) is 3.56. The summed E-state index contributed by atoms with van der Waals surface area (Å²) < 4.78 is 23.3. The summed E-state index contributed by atoms with van der Waals surface area (Å²) in [5.74, 6) is 0.0138. The molecule has 0 N–H and O–H groups in total. The van der Waals surface area contributed by atoms with Crippen molar-refractivity contribution in [3.63, 3.8) is 0 Å². The van der Waals surface area contributed by atoms with Gasteiger partial charge in [-0.2, -0.15) is 0 Å². The van der Waals surface area contributed by atoms with E-state index < -0.39 is 9.84 Å². The van der Waals surface area contributed by atoms with E-state index in [0.29, 0.717) is 5.69 Å². The van der Waals surface area contributed by atoms with Crippen LogP contribution in [0.15, 0.2) is 35.4 Å². The molecule has 0 fully saturated rings. The molecular weight excluding hydrogens is 198 g/mol. The Morgan fingerprint density at radius 3 is 2.71 bits per heavy atom. The van der Waals surface area contributed by atoms with Gasteiger partial charge in [-0.25, -0.2) is 13.4 Å². The zero-order valence-electron chi connectivity index (χ0n) is 8.27. The van der Waals surface area contributed by atoms with Crippen LogP contribution in [0.1, 0.15) is 12.6 Å². The lowest BCUT2D eigenvalue weighted by Gasteiger charge is -2.00. The summed E-state index contributed by atoms with van der Waals surface area (Å²) in [6.07, 6.45) is 3.33. The molecule has 14 heavy (non-hydrogen) atoms. The van der Waals surface area contributed by atoms with Crippen LogP contribution in [0.25, 0.3) is 0 Å². The van der Waals surface area contributed by atoms with Gasteiger partial charge in [0, 0.05) is 5.69 Å². The Balaban J connectivity index is 3.04. The normalized spacial score (nSPS) is 12.1. The summed E-state index contributed by atoms with van der Waals surface area (Å²) in [5, 5.41) is 0.149. The zero-order chi connectivity index (χ0) is 10.6. The predicted octanol–water partition coefficient (Wildman–Crippen LogP) is 1.74. The van der Waals surface area contributed by atoms with Crippen LogP contribution in [0.5, 0.6) is 0 Å². The molecule has 0 radical (unpaired) electrons. The van der Waals surface area contributed by atoms with Crippen molar-refractivity contribution in [3.05, 3.63) is 36.0 Å². The number of aromatic nitrogens is 1. The van der Waals surface area contributed by atoms with Gasteiger partial charge in [-0.15, -0.1) is 0 Å². The maximum Gasteiger partial charge on any atom is 0.199 e. The Bertz CT molecular complexity index is 435. The predicted molar refractivity (Wildman–Crippen MR) is 55.8 cm³/mol. The molecule has 1 aromatic rings. The molecule has 0 amide bonds. The molecule has 4 heteroatoms. The lowest BCUT2D eigenvalue weighted by atomic mass is 10.4. The lowest BCUT2D eigenvalue weighted by molar-refractivity contribution is 0.595. The molecule has 0 aliphatic heterocycles. The highest BCUT2D eigenvalue weighted by Gasteiger charge is 2.13. The number of sulfone groups is 1. The summed E-state index contributed by atoms with van der Waals surface area (Å²) in [6, 6.07) is 4.99. The minimum absolute atomic E-state index is 0.0138. The summed E-state index contributed by atoms with van der Waals surface area (Å²) in [5.41, 5.74) is 0.714. The van der Waals surface area contributed by atoms with Gasteiger partial charge in [-0.3, -0.25) is 0 Å². The number of pyridine rings is 1. The van der Waals surface area contributed by atoms with Gasteiger partial charge in [0.15, 0.2) is 14.9 Å². The Kier molecular flexibility index (Phi) is 3.41. The van der Waals surface area contributed by atoms with Crippen molar-refractivity contribution in [1.82, 2.24) is 4.98 Å². The third kappa shape index (κ3) is 2.67. The van der Waals surface area contributed by atoms with Gasteiger partial charge in [-0.05, 0) is 26.0 Å². The van der Waals surface area contributed by atoms with Crippen LogP contribution in [0, 0.1) is 6.92 Å². The summed E-state index contributed by atoms with van der Waals surface area (Å²) in [4.78, 5) is 3.98. The van der Waals surface area contributed by atoms with Crippen LogP contribution >= 0.6 is 0 Å². The average molecular weight is 211 g/mol. The second-order valence-electron chi connectivity index (χ2n) is 2.97. The van der Waals surface area contributed by atoms with Crippen LogP contribution in [-0.4, -0.2) is 19.2 Å². The number of hydrogen-bond donors (Lipinski definition) is 0. The fourth-order valence-corrected chi connectivity index (χ4v) is 2.19. The molecule has 76 valence electrons. The van der Waals surface area contributed by atoms with E-state index >= 15 is 0 Å². The van der Waals surface area contributed by atoms with Crippen molar-refractivity contribution in [2.45, 2.75) is 18.9 Å². The standard InChI is InChI=1S/C10H13NO2S/c1-3-4-8-14(12,13)10-7-5-6-9(2)11-10/h3-7H,8H2,1-2H3/b4-3+. The molecule has 0 bridgehead atoms. The second kappa shape index (κ2) is 4.37. The van der Waals surface area contributed by atoms with Gasteiger partial charge in [0.2, 0.25) is 0 Å². The van der Waals surface area contributed by atoms with Crippen LogP contribution < -0.4 is 0 Å². The molecular formula is C10H13NO2S. The summed E-state index contributed by atoms with van der Waals surface area (Å²) >= 11 is 0. The topological polar surface area (TPSA) is 47.0 Å². The molecule has 1 aromatic heterocycles. The van der Waals surface area contributed by atoms with Gasteiger partial charge < -0.3 is 0 Å². The van der Waals surface area contributed by atoms with Crippen LogP contribution in [0.2, 0.25) is 0 Å². The first-order valence-electron chi connectivity index (χ1n) is 4.34. The molecule has 0 unspecified atom stereocenters. The highest BCUT2D eigenvalue weighted by Crippen LogP contribution is 2.08.